The number of halogens is 2. The van der Waals surface area contributed by atoms with Crippen LogP contribution in [-0.2, 0) is 0 Å². The number of Topliss-reactive ketones (excluding diaryl/α,β-unsaturated/α-hetero) is 2. The largest absolute Gasteiger partial charge is 0.351 e. The molecular formula is C18H10Cl2N4O2. The monoisotopic (exact) mass is 384 g/mol. The van der Waals surface area contributed by atoms with Crippen LogP contribution in [0.5, 0.6) is 0 Å². The van der Waals surface area contributed by atoms with Crippen LogP contribution in [0.4, 0.5) is 5.69 Å². The van der Waals surface area contributed by atoms with Gasteiger partial charge in [0.25, 0.3) is 0 Å². The molecule has 1 aliphatic carbocycles. The molecule has 2 heterocycles. The molecule has 0 bridgehead atoms. The van der Waals surface area contributed by atoms with Gasteiger partial charge in [0.2, 0.25) is 11.6 Å². The zero-order valence-electron chi connectivity index (χ0n) is 13.1. The molecule has 8 heteroatoms. The van der Waals surface area contributed by atoms with E-state index in [2.05, 4.69) is 20.3 Å². The molecule has 0 atom stereocenters. The van der Waals surface area contributed by atoms with Crippen molar-refractivity contribution in [2.24, 2.45) is 0 Å². The maximum Gasteiger partial charge on any atom is 0.231 e. The number of pyridine rings is 1. The third kappa shape index (κ3) is 2.79. The van der Waals surface area contributed by atoms with E-state index in [9.17, 15) is 9.59 Å². The molecule has 0 aliphatic heterocycles. The third-order valence-electron chi connectivity index (χ3n) is 3.84. The summed E-state index contributed by atoms with van der Waals surface area (Å²) in [5.41, 5.74) is 1.31. The molecule has 4 rings (SSSR count). The summed E-state index contributed by atoms with van der Waals surface area (Å²) in [6.45, 7) is 0. The second-order valence-corrected chi connectivity index (χ2v) is 6.34. The minimum atomic E-state index is -0.501. The van der Waals surface area contributed by atoms with Crippen LogP contribution in [0.15, 0.2) is 59.5 Å². The number of aromatic nitrogens is 3. The molecule has 2 aromatic heterocycles. The van der Waals surface area contributed by atoms with Crippen molar-refractivity contribution >= 4 is 40.5 Å². The number of carbonyl (C=O) groups is 2. The van der Waals surface area contributed by atoms with Gasteiger partial charge >= 0.3 is 0 Å². The van der Waals surface area contributed by atoms with Crippen molar-refractivity contribution in [2.45, 2.75) is 0 Å². The molecule has 0 saturated carbocycles. The third-order valence-corrected chi connectivity index (χ3v) is 4.44. The Bertz CT molecular complexity index is 1070. The van der Waals surface area contributed by atoms with Crippen molar-refractivity contribution in [2.75, 3.05) is 5.32 Å². The van der Waals surface area contributed by atoms with E-state index in [1.54, 1.807) is 48.8 Å². The molecule has 0 amide bonds. The van der Waals surface area contributed by atoms with Gasteiger partial charge < -0.3 is 10.3 Å². The number of nitrogens with zero attached hydrogens (tertiary/aromatic N) is 2. The molecule has 0 spiro atoms. The van der Waals surface area contributed by atoms with Crippen molar-refractivity contribution in [1.29, 1.82) is 0 Å². The van der Waals surface area contributed by atoms with Gasteiger partial charge in [-0.3, -0.25) is 14.6 Å². The second kappa shape index (κ2) is 6.40. The number of benzene rings is 1. The fraction of sp³-hybridized carbons (Fsp3) is 0. The Labute approximate surface area is 157 Å². The second-order valence-electron chi connectivity index (χ2n) is 5.53. The Morgan fingerprint density at radius 1 is 1.00 bits per heavy atom. The summed E-state index contributed by atoms with van der Waals surface area (Å²) in [7, 11) is 0. The van der Waals surface area contributed by atoms with Crippen molar-refractivity contribution < 1.29 is 9.59 Å². The molecule has 2 N–H and O–H groups in total. The Balaban J connectivity index is 1.74. The van der Waals surface area contributed by atoms with Crippen LogP contribution in [0.3, 0.4) is 0 Å². The summed E-state index contributed by atoms with van der Waals surface area (Å²) in [4.78, 5) is 36.5. The van der Waals surface area contributed by atoms with E-state index < -0.39 is 11.6 Å². The summed E-state index contributed by atoms with van der Waals surface area (Å²) in [6, 6.07) is 10.2. The van der Waals surface area contributed by atoms with Gasteiger partial charge in [0.05, 0.1) is 0 Å². The lowest BCUT2D eigenvalue weighted by atomic mass is 10.0. The molecule has 26 heavy (non-hydrogen) atoms. The first kappa shape index (κ1) is 16.5. The minimum absolute atomic E-state index is 0.0238. The standard InChI is InChI=1S/C18H10Cl2N4O2/c19-10-2-1-3-11(8-10)22-13-12(20)16(25)14-15(17(13)26)24-18(23-14)9-4-6-21-7-5-9/h1-8,22H,(H,23,24). The molecule has 3 aromatic rings. The highest BCUT2D eigenvalue weighted by atomic mass is 35.5. The summed E-state index contributed by atoms with van der Waals surface area (Å²) >= 11 is 12.1. The normalized spacial score (nSPS) is 13.8. The number of H-pyrrole nitrogens is 1. The zero-order valence-corrected chi connectivity index (χ0v) is 14.6. The lowest BCUT2D eigenvalue weighted by molar-refractivity contribution is 0.0977. The van der Waals surface area contributed by atoms with Crippen molar-refractivity contribution in [1.82, 2.24) is 15.0 Å². The summed E-state index contributed by atoms with van der Waals surface area (Å²) in [5.74, 6) is -0.577. The number of hydrogen-bond acceptors (Lipinski definition) is 5. The van der Waals surface area contributed by atoms with Gasteiger partial charge in [0, 0.05) is 28.7 Å². The molecule has 1 aromatic carbocycles. The lowest BCUT2D eigenvalue weighted by Gasteiger charge is -2.15. The number of rotatable bonds is 3. The predicted octanol–water partition coefficient (Wildman–Crippen LogP) is 4.07. The van der Waals surface area contributed by atoms with E-state index in [0.717, 1.165) is 0 Å². The minimum Gasteiger partial charge on any atom is -0.351 e. The molecule has 0 radical (unpaired) electrons. The van der Waals surface area contributed by atoms with Gasteiger partial charge in [-0.1, -0.05) is 29.3 Å². The Kier molecular flexibility index (Phi) is 4.06. The van der Waals surface area contributed by atoms with E-state index in [0.29, 0.717) is 22.1 Å². The summed E-state index contributed by atoms with van der Waals surface area (Å²) in [6.07, 6.45) is 3.19. The number of hydrogen-bond donors (Lipinski definition) is 2. The van der Waals surface area contributed by atoms with Gasteiger partial charge in [-0.15, -0.1) is 0 Å². The summed E-state index contributed by atoms with van der Waals surface area (Å²) < 4.78 is 0. The number of anilines is 1. The average molecular weight is 385 g/mol. The maximum atomic E-state index is 12.8. The molecular weight excluding hydrogens is 375 g/mol. The molecule has 6 nitrogen and oxygen atoms in total. The van der Waals surface area contributed by atoms with Crippen LogP contribution in [0.25, 0.3) is 11.4 Å². The molecule has 1 aliphatic rings. The van der Waals surface area contributed by atoms with Gasteiger partial charge in [-0.25, -0.2) is 4.98 Å². The van der Waals surface area contributed by atoms with Crippen LogP contribution in [0.1, 0.15) is 21.0 Å². The first-order chi connectivity index (χ1) is 12.5. The van der Waals surface area contributed by atoms with Crippen molar-refractivity contribution in [3.63, 3.8) is 0 Å². The van der Waals surface area contributed by atoms with Crippen molar-refractivity contribution in [3.05, 3.63) is 75.9 Å². The predicted molar refractivity (Wildman–Crippen MR) is 98.4 cm³/mol. The first-order valence-corrected chi connectivity index (χ1v) is 8.32. The SMILES string of the molecule is O=C1C(Nc2cccc(Cl)c2)=C(Cl)C(=O)c2[nH]c(-c3ccncc3)nc21. The van der Waals surface area contributed by atoms with Gasteiger partial charge in [-0.05, 0) is 30.3 Å². The van der Waals surface area contributed by atoms with Gasteiger partial charge in [-0.2, -0.15) is 0 Å². The van der Waals surface area contributed by atoms with Crippen LogP contribution < -0.4 is 5.32 Å². The quantitative estimate of drug-likeness (QED) is 0.710. The van der Waals surface area contributed by atoms with E-state index >= 15 is 0 Å². The van der Waals surface area contributed by atoms with Gasteiger partial charge in [0.1, 0.15) is 27.9 Å². The Hall–Kier alpha value is -2.96. The molecule has 0 saturated heterocycles. The highest BCUT2D eigenvalue weighted by Crippen LogP contribution is 2.30. The summed E-state index contributed by atoms with van der Waals surface area (Å²) in [5, 5.41) is 3.16. The lowest BCUT2D eigenvalue weighted by Crippen LogP contribution is -2.24. The van der Waals surface area contributed by atoms with Crippen LogP contribution in [0, 0.1) is 0 Å². The maximum absolute atomic E-state index is 12.8. The topological polar surface area (TPSA) is 87.7 Å². The first-order valence-electron chi connectivity index (χ1n) is 7.57. The van der Waals surface area contributed by atoms with Crippen LogP contribution in [-0.4, -0.2) is 26.5 Å². The van der Waals surface area contributed by atoms with Crippen molar-refractivity contribution in [3.8, 4) is 11.4 Å². The number of allylic oxidation sites excluding steroid dienone is 2. The fourth-order valence-corrected chi connectivity index (χ4v) is 3.03. The fourth-order valence-electron chi connectivity index (χ4n) is 2.61. The highest BCUT2D eigenvalue weighted by Gasteiger charge is 2.35. The smallest absolute Gasteiger partial charge is 0.231 e. The van der Waals surface area contributed by atoms with Crippen LogP contribution >= 0.6 is 23.2 Å². The molecule has 0 fully saturated rings. The highest BCUT2D eigenvalue weighted by molar-refractivity contribution is 6.50. The van der Waals surface area contributed by atoms with Crippen LogP contribution in [0.2, 0.25) is 5.02 Å². The number of nitrogens with one attached hydrogen (secondary N) is 2. The number of imidazole rings is 1. The Morgan fingerprint density at radius 2 is 1.77 bits per heavy atom. The van der Waals surface area contributed by atoms with E-state index in [4.69, 9.17) is 23.2 Å². The number of fused-ring (bicyclic) bond motifs is 1. The number of carbonyl (C=O) groups excluding carboxylic acids is 2. The van der Waals surface area contributed by atoms with E-state index in [1.807, 2.05) is 0 Å². The zero-order chi connectivity index (χ0) is 18.3. The number of ketones is 2. The molecule has 0 unspecified atom stereocenters. The molecule has 128 valence electrons. The van der Waals surface area contributed by atoms with Gasteiger partial charge in [0.15, 0.2) is 0 Å². The van der Waals surface area contributed by atoms with E-state index in [1.165, 1.54) is 0 Å². The average Bonchev–Trinajstić information content (AvgIpc) is 3.10. The Morgan fingerprint density at radius 3 is 2.50 bits per heavy atom. The van der Waals surface area contributed by atoms with E-state index in [-0.39, 0.29) is 22.1 Å². The number of aromatic amines is 1.